The van der Waals surface area contributed by atoms with Crippen LogP contribution in [0.5, 0.6) is 0 Å². The monoisotopic (exact) mass is 284 g/mol. The summed E-state index contributed by atoms with van der Waals surface area (Å²) in [7, 11) is 0. The lowest BCUT2D eigenvalue weighted by molar-refractivity contribution is 0.0984. The van der Waals surface area contributed by atoms with Gasteiger partial charge in [0.25, 0.3) is 0 Å². The molecule has 1 fully saturated rings. The van der Waals surface area contributed by atoms with Gasteiger partial charge < -0.3 is 5.73 Å². The number of hydrogen-bond acceptors (Lipinski definition) is 2. The Balaban J connectivity index is 2.21. The predicted molar refractivity (Wildman–Crippen MR) is 77.7 cm³/mol. The Kier molecular flexibility index (Phi) is 4.82. The van der Waals surface area contributed by atoms with E-state index in [-0.39, 0.29) is 16.9 Å². The molecule has 1 aliphatic rings. The van der Waals surface area contributed by atoms with Crippen LogP contribution in [0.25, 0.3) is 0 Å². The highest BCUT2D eigenvalue weighted by Crippen LogP contribution is 2.30. The second-order valence-electron chi connectivity index (χ2n) is 5.82. The number of piperidine rings is 1. The van der Waals surface area contributed by atoms with Gasteiger partial charge in [0.15, 0.2) is 0 Å². The van der Waals surface area contributed by atoms with E-state index >= 15 is 0 Å². The first-order valence-corrected chi connectivity index (χ1v) is 7.28. The van der Waals surface area contributed by atoms with Crippen molar-refractivity contribution in [1.29, 1.82) is 0 Å². The molecule has 0 radical (unpaired) electrons. The molecule has 4 heteroatoms. The predicted octanol–water partition coefficient (Wildman–Crippen LogP) is 3.46. The summed E-state index contributed by atoms with van der Waals surface area (Å²) < 4.78 is 13.3. The van der Waals surface area contributed by atoms with Gasteiger partial charge in [0.05, 0.1) is 5.02 Å². The van der Waals surface area contributed by atoms with Crippen LogP contribution in [-0.4, -0.2) is 24.5 Å². The number of nitrogens with two attached hydrogens (primary N) is 1. The van der Waals surface area contributed by atoms with Crippen molar-refractivity contribution in [2.45, 2.75) is 26.3 Å². The molecule has 0 saturated carbocycles. The molecular weight excluding hydrogens is 263 g/mol. The second kappa shape index (κ2) is 6.21. The average molecular weight is 285 g/mol. The quantitative estimate of drug-likeness (QED) is 0.921. The Labute approximate surface area is 119 Å². The number of likely N-dealkylation sites (tertiary alicyclic amines) is 1. The van der Waals surface area contributed by atoms with E-state index in [2.05, 4.69) is 18.7 Å². The number of halogens is 2. The van der Waals surface area contributed by atoms with Crippen molar-refractivity contribution in [3.05, 3.63) is 34.6 Å². The molecule has 3 unspecified atom stereocenters. The molecule has 2 rings (SSSR count). The lowest BCUT2D eigenvalue weighted by Crippen LogP contribution is -2.43. The Morgan fingerprint density at radius 3 is 2.53 bits per heavy atom. The first-order valence-electron chi connectivity index (χ1n) is 6.90. The molecule has 106 valence electrons. The fourth-order valence-electron chi connectivity index (χ4n) is 3.18. The van der Waals surface area contributed by atoms with Gasteiger partial charge in [-0.2, -0.15) is 0 Å². The summed E-state index contributed by atoms with van der Waals surface area (Å²) in [5.41, 5.74) is 6.95. The third-order valence-corrected chi connectivity index (χ3v) is 4.18. The second-order valence-corrected chi connectivity index (χ2v) is 6.23. The molecular formula is C15H22ClFN2. The minimum atomic E-state index is -0.374. The van der Waals surface area contributed by atoms with Gasteiger partial charge in [-0.15, -0.1) is 0 Å². The van der Waals surface area contributed by atoms with Crippen molar-refractivity contribution in [3.8, 4) is 0 Å². The molecule has 2 N–H and O–H groups in total. The zero-order chi connectivity index (χ0) is 14.0. The van der Waals surface area contributed by atoms with Gasteiger partial charge in [0.2, 0.25) is 0 Å². The normalized spacial score (nSPS) is 26.4. The topological polar surface area (TPSA) is 29.3 Å². The van der Waals surface area contributed by atoms with Crippen molar-refractivity contribution in [1.82, 2.24) is 4.90 Å². The van der Waals surface area contributed by atoms with Gasteiger partial charge in [0.1, 0.15) is 5.82 Å². The maximum atomic E-state index is 13.3. The van der Waals surface area contributed by atoms with Crippen LogP contribution in [0.2, 0.25) is 5.02 Å². The zero-order valence-electron chi connectivity index (χ0n) is 11.6. The highest BCUT2D eigenvalue weighted by Gasteiger charge is 2.27. The Morgan fingerprint density at radius 2 is 2.00 bits per heavy atom. The fourth-order valence-corrected chi connectivity index (χ4v) is 3.37. The fraction of sp³-hybridized carbons (Fsp3) is 0.600. The molecule has 19 heavy (non-hydrogen) atoms. The Bertz CT molecular complexity index is 428. The van der Waals surface area contributed by atoms with E-state index in [9.17, 15) is 4.39 Å². The van der Waals surface area contributed by atoms with Gasteiger partial charge >= 0.3 is 0 Å². The summed E-state index contributed by atoms with van der Waals surface area (Å²) in [5.74, 6) is 0.976. The minimum absolute atomic E-state index is 0.128. The van der Waals surface area contributed by atoms with E-state index in [1.807, 2.05) is 0 Å². The molecule has 1 saturated heterocycles. The summed E-state index contributed by atoms with van der Waals surface area (Å²) >= 11 is 5.88. The van der Waals surface area contributed by atoms with Crippen LogP contribution in [0.15, 0.2) is 18.2 Å². The first kappa shape index (κ1) is 14.8. The van der Waals surface area contributed by atoms with Crippen molar-refractivity contribution >= 4 is 11.6 Å². The molecule has 0 spiro atoms. The van der Waals surface area contributed by atoms with E-state index < -0.39 is 0 Å². The zero-order valence-corrected chi connectivity index (χ0v) is 12.3. The summed E-state index contributed by atoms with van der Waals surface area (Å²) in [4.78, 5) is 2.41. The van der Waals surface area contributed by atoms with Crippen molar-refractivity contribution in [3.63, 3.8) is 0 Å². The molecule has 0 amide bonds. The van der Waals surface area contributed by atoms with Gasteiger partial charge in [-0.1, -0.05) is 31.5 Å². The molecule has 1 heterocycles. The van der Waals surface area contributed by atoms with Gasteiger partial charge in [-0.3, -0.25) is 4.90 Å². The Morgan fingerprint density at radius 1 is 1.37 bits per heavy atom. The van der Waals surface area contributed by atoms with Gasteiger partial charge in [0, 0.05) is 25.7 Å². The van der Waals surface area contributed by atoms with Crippen LogP contribution in [-0.2, 0) is 0 Å². The Hall–Kier alpha value is -0.640. The average Bonchev–Trinajstić information content (AvgIpc) is 2.33. The van der Waals surface area contributed by atoms with Crippen LogP contribution in [0.3, 0.4) is 0 Å². The molecule has 1 aliphatic heterocycles. The highest BCUT2D eigenvalue weighted by atomic mass is 35.5. The summed E-state index contributed by atoms with van der Waals surface area (Å²) in [6.45, 7) is 7.16. The molecule has 1 aromatic rings. The smallest absolute Gasteiger partial charge is 0.141 e. The number of benzene rings is 1. The molecule has 1 aromatic carbocycles. The van der Waals surface area contributed by atoms with Crippen molar-refractivity contribution in [2.24, 2.45) is 17.6 Å². The molecule has 0 bridgehead atoms. The van der Waals surface area contributed by atoms with E-state index in [0.29, 0.717) is 18.4 Å². The van der Waals surface area contributed by atoms with Crippen LogP contribution in [0.1, 0.15) is 31.9 Å². The molecule has 0 aliphatic carbocycles. The molecule has 3 atom stereocenters. The summed E-state index contributed by atoms with van der Waals surface area (Å²) in [6, 6.07) is 5.06. The largest absolute Gasteiger partial charge is 0.329 e. The van der Waals surface area contributed by atoms with E-state index in [4.69, 9.17) is 17.3 Å². The maximum Gasteiger partial charge on any atom is 0.141 e. The standard InChI is InChI=1S/C15H22ClFN2/c1-10-5-11(2)9-19(8-10)15(7-18)12-3-4-14(17)13(16)6-12/h3-4,6,10-11,15H,5,7-9,18H2,1-2H3. The minimum Gasteiger partial charge on any atom is -0.329 e. The van der Waals surface area contributed by atoms with Crippen molar-refractivity contribution < 1.29 is 4.39 Å². The van der Waals surface area contributed by atoms with E-state index in [0.717, 1.165) is 18.7 Å². The molecule has 2 nitrogen and oxygen atoms in total. The van der Waals surface area contributed by atoms with Crippen LogP contribution < -0.4 is 5.73 Å². The van der Waals surface area contributed by atoms with Crippen LogP contribution in [0, 0.1) is 17.7 Å². The summed E-state index contributed by atoms with van der Waals surface area (Å²) in [5, 5.41) is 0.175. The summed E-state index contributed by atoms with van der Waals surface area (Å²) in [6.07, 6.45) is 1.26. The van der Waals surface area contributed by atoms with Crippen LogP contribution in [0.4, 0.5) is 4.39 Å². The third-order valence-electron chi connectivity index (χ3n) is 3.89. The van der Waals surface area contributed by atoms with Gasteiger partial charge in [-0.05, 0) is 36.0 Å². The number of nitrogens with zero attached hydrogens (tertiary/aromatic N) is 1. The first-order chi connectivity index (χ1) is 9.01. The lowest BCUT2D eigenvalue weighted by Gasteiger charge is -2.40. The van der Waals surface area contributed by atoms with Crippen molar-refractivity contribution in [2.75, 3.05) is 19.6 Å². The van der Waals surface area contributed by atoms with E-state index in [1.54, 1.807) is 12.1 Å². The van der Waals surface area contributed by atoms with Crippen LogP contribution >= 0.6 is 11.6 Å². The molecule has 0 aromatic heterocycles. The number of hydrogen-bond donors (Lipinski definition) is 1. The highest BCUT2D eigenvalue weighted by molar-refractivity contribution is 6.30. The lowest BCUT2D eigenvalue weighted by atomic mass is 9.89. The third kappa shape index (κ3) is 3.47. The van der Waals surface area contributed by atoms with E-state index in [1.165, 1.54) is 12.5 Å². The van der Waals surface area contributed by atoms with Gasteiger partial charge in [-0.25, -0.2) is 4.39 Å². The SMILES string of the molecule is CC1CC(C)CN(C(CN)c2ccc(F)c(Cl)c2)C1. The maximum absolute atomic E-state index is 13.3. The number of rotatable bonds is 3.